The van der Waals surface area contributed by atoms with E-state index in [4.69, 9.17) is 13.1 Å². The van der Waals surface area contributed by atoms with Gasteiger partial charge >= 0.3 is 11.4 Å². The molecule has 5 atom stereocenters. The summed E-state index contributed by atoms with van der Waals surface area (Å²) in [6.07, 6.45) is 2.75. The number of hydrogen-bond donors (Lipinski definition) is 1. The van der Waals surface area contributed by atoms with Crippen molar-refractivity contribution in [1.82, 2.24) is 4.90 Å². The highest BCUT2D eigenvalue weighted by molar-refractivity contribution is 7.75. The van der Waals surface area contributed by atoms with Crippen molar-refractivity contribution in [2.45, 2.75) is 61.7 Å². The average Bonchev–Trinajstić information content (AvgIpc) is 3.33. The molecule has 7 nitrogen and oxygen atoms in total. The van der Waals surface area contributed by atoms with Crippen molar-refractivity contribution in [3.8, 4) is 22.6 Å². The highest BCUT2D eigenvalue weighted by Crippen LogP contribution is 2.64. The number of ketones is 1. The Hall–Kier alpha value is -3.04. The zero-order chi connectivity index (χ0) is 27.5. The fourth-order valence-electron chi connectivity index (χ4n) is 7.59. The Balaban J connectivity index is 1.03. The quantitative estimate of drug-likeness (QED) is 0.412. The molecule has 2 heterocycles. The Bertz CT molecular complexity index is 1480. The summed E-state index contributed by atoms with van der Waals surface area (Å²) in [6.45, 7) is 1.04. The molecular weight excluding hydrogens is 526 g/mol. The molecule has 208 valence electrons. The second-order valence-electron chi connectivity index (χ2n) is 11.5. The van der Waals surface area contributed by atoms with E-state index in [1.54, 1.807) is 6.07 Å². The summed E-state index contributed by atoms with van der Waals surface area (Å²) in [5.74, 6) is 0.747. The molecule has 7 rings (SSSR count). The van der Waals surface area contributed by atoms with E-state index in [-0.39, 0.29) is 24.9 Å². The lowest BCUT2D eigenvalue weighted by Crippen LogP contribution is -2.76. The van der Waals surface area contributed by atoms with E-state index in [1.165, 1.54) is 16.7 Å². The van der Waals surface area contributed by atoms with Crippen LogP contribution in [-0.4, -0.2) is 57.9 Å². The first-order chi connectivity index (χ1) is 19.4. The predicted octanol–water partition coefficient (Wildman–Crippen LogP) is 4.31. The molecule has 2 aliphatic carbocycles. The molecule has 2 bridgehead atoms. The molecule has 40 heavy (non-hydrogen) atoms. The fraction of sp³-hybridized carbons (Fsp3) is 0.406. The first-order valence-electron chi connectivity index (χ1n) is 14.1. The van der Waals surface area contributed by atoms with Crippen molar-refractivity contribution in [1.29, 1.82) is 0 Å². The molecule has 0 radical (unpaired) electrons. The van der Waals surface area contributed by atoms with Gasteiger partial charge in [-0.1, -0.05) is 60.7 Å². The highest BCUT2D eigenvalue weighted by Gasteiger charge is 2.72. The predicted molar refractivity (Wildman–Crippen MR) is 151 cm³/mol. The molecule has 1 saturated carbocycles. The van der Waals surface area contributed by atoms with Gasteiger partial charge in [-0.2, -0.15) is 4.21 Å². The van der Waals surface area contributed by atoms with E-state index >= 15 is 0 Å². The summed E-state index contributed by atoms with van der Waals surface area (Å²) < 4.78 is 30.3. The number of nitrogens with zero attached hydrogens (tertiary/aromatic N) is 1. The Morgan fingerprint density at radius 3 is 2.62 bits per heavy atom. The fourth-order valence-corrected chi connectivity index (χ4v) is 8.17. The zero-order valence-corrected chi connectivity index (χ0v) is 23.3. The summed E-state index contributed by atoms with van der Waals surface area (Å²) >= 11 is -2.03. The third kappa shape index (κ3) is 3.88. The van der Waals surface area contributed by atoms with Gasteiger partial charge in [0, 0.05) is 18.0 Å². The first kappa shape index (κ1) is 25.9. The number of carbonyl (C=O) groups is 1. The van der Waals surface area contributed by atoms with E-state index in [9.17, 15) is 14.1 Å². The van der Waals surface area contributed by atoms with Crippen LogP contribution in [0.1, 0.15) is 42.4 Å². The molecular formula is C32H33NO6S. The van der Waals surface area contributed by atoms with E-state index < -0.39 is 28.5 Å². The van der Waals surface area contributed by atoms with E-state index in [0.717, 1.165) is 24.1 Å². The summed E-state index contributed by atoms with van der Waals surface area (Å²) in [6, 6.07) is 22.3. The first-order valence-corrected chi connectivity index (χ1v) is 15.1. The number of benzene rings is 3. The molecule has 5 unspecified atom stereocenters. The average molecular weight is 560 g/mol. The molecule has 2 fully saturated rings. The van der Waals surface area contributed by atoms with Gasteiger partial charge in [-0.3, -0.25) is 8.98 Å². The number of aliphatic hydroxyl groups is 1. The number of carbonyl (C=O) groups excluding carboxylic acids is 1. The van der Waals surface area contributed by atoms with Crippen molar-refractivity contribution < 1.29 is 27.2 Å². The van der Waals surface area contributed by atoms with Crippen LogP contribution in [0.4, 0.5) is 0 Å². The summed E-state index contributed by atoms with van der Waals surface area (Å²) in [5.41, 5.74) is 3.62. The van der Waals surface area contributed by atoms with E-state index in [2.05, 4.69) is 41.3 Å². The monoisotopic (exact) mass is 559 g/mol. The van der Waals surface area contributed by atoms with Crippen molar-refractivity contribution in [3.63, 3.8) is 0 Å². The van der Waals surface area contributed by atoms with Gasteiger partial charge in [0.05, 0.1) is 17.6 Å². The molecule has 1 saturated heterocycles. The lowest BCUT2D eigenvalue weighted by molar-refractivity contribution is -0.185. The van der Waals surface area contributed by atoms with Crippen LogP contribution in [0.25, 0.3) is 11.1 Å². The van der Waals surface area contributed by atoms with Crippen LogP contribution in [0.5, 0.6) is 11.5 Å². The molecule has 0 aromatic heterocycles. The maximum atomic E-state index is 13.1. The minimum atomic E-state index is -2.03. The number of likely N-dealkylation sites (N-methyl/N-ethyl adjacent to an activating group) is 1. The zero-order valence-electron chi connectivity index (χ0n) is 22.5. The summed E-state index contributed by atoms with van der Waals surface area (Å²) in [5, 5.41) is 12.1. The van der Waals surface area contributed by atoms with Gasteiger partial charge in [0.25, 0.3) is 0 Å². The molecule has 0 amide bonds. The number of ether oxygens (including phenoxy) is 1. The van der Waals surface area contributed by atoms with Gasteiger partial charge in [-0.15, -0.1) is 0 Å². The van der Waals surface area contributed by atoms with Crippen LogP contribution in [-0.2, 0) is 38.6 Å². The SMILES string of the molecule is CN1CCC23c4c5ccc(OS(=O)OCCCc6ccc(-c7ccccc7)cc6)c4OC2C(=O)CCC3(O)C1C5. The summed E-state index contributed by atoms with van der Waals surface area (Å²) in [7, 11) is 2.04. The topological polar surface area (TPSA) is 85.3 Å². The molecule has 2 aliphatic heterocycles. The van der Waals surface area contributed by atoms with Gasteiger partial charge < -0.3 is 18.9 Å². The van der Waals surface area contributed by atoms with Crippen molar-refractivity contribution in [2.24, 2.45) is 0 Å². The Labute approximate surface area is 236 Å². The molecule has 3 aromatic rings. The number of Topliss-reactive ketones (excluding diaryl/α,β-unsaturated/α-hetero) is 1. The lowest BCUT2D eigenvalue weighted by Gasteiger charge is -2.61. The van der Waals surface area contributed by atoms with E-state index in [1.807, 2.05) is 31.3 Å². The van der Waals surface area contributed by atoms with Gasteiger partial charge in [-0.25, -0.2) is 0 Å². The summed E-state index contributed by atoms with van der Waals surface area (Å²) in [4.78, 5) is 15.3. The van der Waals surface area contributed by atoms with Crippen LogP contribution < -0.4 is 8.92 Å². The lowest BCUT2D eigenvalue weighted by atomic mass is 9.49. The standard InChI is InChI=1S/C32H33NO6S/c1-33-18-17-31-28-24-13-14-26(29(28)38-30(31)25(34)15-16-32(31,35)27(33)20-24)39-40(36)37-19-5-6-21-9-11-23(12-10-21)22-7-3-2-4-8-22/h2-4,7-14,27,30,35H,5-6,15-20H2,1H3. The minimum Gasteiger partial charge on any atom is -0.477 e. The molecule has 1 N–H and O–H groups in total. The van der Waals surface area contributed by atoms with Crippen LogP contribution in [0, 0.1) is 0 Å². The second kappa shape index (κ2) is 9.80. The Kier molecular flexibility index (Phi) is 6.35. The minimum absolute atomic E-state index is 0.0113. The van der Waals surface area contributed by atoms with Gasteiger partial charge in [0.1, 0.15) is 0 Å². The third-order valence-corrected chi connectivity index (χ3v) is 10.2. The Morgan fingerprint density at radius 2 is 1.82 bits per heavy atom. The number of rotatable bonds is 8. The van der Waals surface area contributed by atoms with Gasteiger partial charge in [0.15, 0.2) is 23.4 Å². The van der Waals surface area contributed by atoms with Crippen molar-refractivity contribution in [3.05, 3.63) is 83.4 Å². The van der Waals surface area contributed by atoms with Gasteiger partial charge in [0.2, 0.25) is 0 Å². The van der Waals surface area contributed by atoms with E-state index in [0.29, 0.717) is 37.2 Å². The third-order valence-electron chi connectivity index (χ3n) is 9.52. The van der Waals surface area contributed by atoms with Crippen LogP contribution >= 0.6 is 0 Å². The number of aryl methyl sites for hydroxylation is 1. The molecule has 1 spiro atoms. The van der Waals surface area contributed by atoms with Crippen molar-refractivity contribution >= 4 is 17.1 Å². The number of hydrogen-bond acceptors (Lipinski definition) is 7. The molecule has 4 aliphatic rings. The van der Waals surface area contributed by atoms with Crippen LogP contribution in [0.3, 0.4) is 0 Å². The maximum absolute atomic E-state index is 13.1. The van der Waals surface area contributed by atoms with Crippen molar-refractivity contribution in [2.75, 3.05) is 20.2 Å². The number of likely N-dealkylation sites (tertiary alicyclic amines) is 1. The largest absolute Gasteiger partial charge is 0.477 e. The number of piperidine rings is 1. The second-order valence-corrected chi connectivity index (χ2v) is 12.3. The normalized spacial score (nSPS) is 29.0. The smallest absolute Gasteiger partial charge is 0.360 e. The Morgan fingerprint density at radius 1 is 1.05 bits per heavy atom. The molecule has 3 aromatic carbocycles. The maximum Gasteiger partial charge on any atom is 0.360 e. The van der Waals surface area contributed by atoms with Crippen LogP contribution in [0.15, 0.2) is 66.7 Å². The van der Waals surface area contributed by atoms with Crippen LogP contribution in [0.2, 0.25) is 0 Å². The van der Waals surface area contributed by atoms with Gasteiger partial charge in [-0.05, 0) is 74.0 Å². The highest BCUT2D eigenvalue weighted by atomic mass is 32.2. The molecule has 8 heteroatoms.